The van der Waals surface area contributed by atoms with Gasteiger partial charge in [0.2, 0.25) is 0 Å². The highest BCUT2D eigenvalue weighted by Crippen LogP contribution is 2.59. The monoisotopic (exact) mass is 570 g/mol. The molecule has 0 spiro atoms. The van der Waals surface area contributed by atoms with Gasteiger partial charge in [0.25, 0.3) is 0 Å². The molecule has 1 N–H and O–H groups in total. The maximum absolute atomic E-state index is 3.80. The minimum absolute atomic E-state index is 0.0856. The summed E-state index contributed by atoms with van der Waals surface area (Å²) in [4.78, 5) is 2.64. The number of rotatable bonds is 6. The Kier molecular flexibility index (Phi) is 6.04. The molecule has 0 amide bonds. The molecule has 5 aliphatic carbocycles. The first-order valence-corrected chi connectivity index (χ1v) is 16.5. The van der Waals surface area contributed by atoms with E-state index in [0.29, 0.717) is 5.92 Å². The normalized spacial score (nSPS) is 26.2. The van der Waals surface area contributed by atoms with E-state index in [0.717, 1.165) is 30.4 Å². The topological polar surface area (TPSA) is 15.3 Å². The van der Waals surface area contributed by atoms with Crippen molar-refractivity contribution in [2.75, 3.05) is 10.2 Å². The zero-order valence-electron chi connectivity index (χ0n) is 25.1. The van der Waals surface area contributed by atoms with Crippen LogP contribution in [0.4, 0.5) is 17.1 Å². The van der Waals surface area contributed by atoms with Gasteiger partial charge in [0.05, 0.1) is 5.54 Å². The standard InChI is InChI=1S/C42H38N2/c1-3-15-37-31(9-1)11-8-17-40(37)44(42-26-6-5-14-34(42)28-42)36-24-20-30(21-25-36)29-18-22-35(23-19-29)43-39-16-4-2-10-32-12-7-13-33-27-38(33)41(32)39/h1,3-4,6-11,13,15-26,33-34,38,43H,2,5,12,14,27-28H2. The molecule has 2 heteroatoms. The molecule has 5 aliphatic rings. The number of allylic oxidation sites excluding steroid dienone is 8. The Balaban J connectivity index is 1.01. The zero-order chi connectivity index (χ0) is 29.1. The smallest absolute Gasteiger partial charge is 0.0666 e. The van der Waals surface area contributed by atoms with Crippen molar-refractivity contribution in [3.05, 3.63) is 150 Å². The molecular weight excluding hydrogens is 532 g/mol. The molecule has 2 saturated carbocycles. The van der Waals surface area contributed by atoms with Gasteiger partial charge in [-0.05, 0) is 120 Å². The van der Waals surface area contributed by atoms with Gasteiger partial charge in [-0.15, -0.1) is 0 Å². The fourth-order valence-corrected chi connectivity index (χ4v) is 8.17. The van der Waals surface area contributed by atoms with Gasteiger partial charge in [0, 0.05) is 28.1 Å². The summed E-state index contributed by atoms with van der Waals surface area (Å²) >= 11 is 0. The number of hydrogen-bond acceptors (Lipinski definition) is 2. The van der Waals surface area contributed by atoms with Crippen LogP contribution in [0.2, 0.25) is 0 Å². The van der Waals surface area contributed by atoms with E-state index in [-0.39, 0.29) is 5.54 Å². The summed E-state index contributed by atoms with van der Waals surface area (Å²) in [7, 11) is 0. The summed E-state index contributed by atoms with van der Waals surface area (Å²) in [6.07, 6.45) is 23.8. The van der Waals surface area contributed by atoms with E-state index in [1.807, 2.05) is 0 Å². The van der Waals surface area contributed by atoms with E-state index < -0.39 is 0 Å². The summed E-state index contributed by atoms with van der Waals surface area (Å²) in [5, 5.41) is 6.41. The molecule has 4 aromatic rings. The highest BCUT2D eigenvalue weighted by molar-refractivity contribution is 5.97. The van der Waals surface area contributed by atoms with Crippen LogP contribution in [0.5, 0.6) is 0 Å². The lowest BCUT2D eigenvalue weighted by molar-refractivity contribution is 0.614. The molecule has 0 aromatic heterocycles. The van der Waals surface area contributed by atoms with Gasteiger partial charge in [-0.2, -0.15) is 0 Å². The number of nitrogens with zero attached hydrogens (tertiary/aromatic N) is 1. The third kappa shape index (κ3) is 4.39. The maximum Gasteiger partial charge on any atom is 0.0666 e. The highest BCUT2D eigenvalue weighted by Gasteiger charge is 2.57. The van der Waals surface area contributed by atoms with Gasteiger partial charge in [-0.25, -0.2) is 0 Å². The average molecular weight is 571 g/mol. The van der Waals surface area contributed by atoms with Gasteiger partial charge in [0.1, 0.15) is 0 Å². The van der Waals surface area contributed by atoms with Crippen molar-refractivity contribution in [3.8, 4) is 11.1 Å². The number of benzene rings is 4. The Morgan fingerprint density at radius 1 is 0.795 bits per heavy atom. The van der Waals surface area contributed by atoms with Crippen LogP contribution in [0.3, 0.4) is 0 Å². The molecular formula is C42H38N2. The Morgan fingerprint density at radius 3 is 2.48 bits per heavy atom. The second-order valence-electron chi connectivity index (χ2n) is 13.3. The van der Waals surface area contributed by atoms with Crippen LogP contribution in [-0.2, 0) is 0 Å². The number of nitrogens with one attached hydrogen (secondary N) is 1. The summed E-state index contributed by atoms with van der Waals surface area (Å²) < 4.78 is 0. The van der Waals surface area contributed by atoms with Crippen molar-refractivity contribution in [1.29, 1.82) is 0 Å². The van der Waals surface area contributed by atoms with Crippen LogP contribution in [0.15, 0.2) is 150 Å². The van der Waals surface area contributed by atoms with Crippen molar-refractivity contribution in [2.45, 2.75) is 44.1 Å². The van der Waals surface area contributed by atoms with E-state index in [4.69, 9.17) is 0 Å². The van der Waals surface area contributed by atoms with Crippen LogP contribution < -0.4 is 10.2 Å². The first kappa shape index (κ1) is 25.9. The fourth-order valence-electron chi connectivity index (χ4n) is 8.17. The maximum atomic E-state index is 3.80. The second kappa shape index (κ2) is 10.3. The second-order valence-corrected chi connectivity index (χ2v) is 13.3. The van der Waals surface area contributed by atoms with Crippen LogP contribution >= 0.6 is 0 Å². The van der Waals surface area contributed by atoms with Crippen molar-refractivity contribution < 1.29 is 0 Å². The molecule has 216 valence electrons. The van der Waals surface area contributed by atoms with Gasteiger partial charge >= 0.3 is 0 Å². The highest BCUT2D eigenvalue weighted by atomic mass is 15.3. The van der Waals surface area contributed by atoms with Gasteiger partial charge in [0.15, 0.2) is 0 Å². The van der Waals surface area contributed by atoms with Crippen LogP contribution in [-0.4, -0.2) is 5.54 Å². The lowest BCUT2D eigenvalue weighted by Crippen LogP contribution is -2.34. The molecule has 4 atom stereocenters. The van der Waals surface area contributed by atoms with Gasteiger partial charge in [-0.3, -0.25) is 0 Å². The lowest BCUT2D eigenvalue weighted by atomic mass is 9.96. The minimum Gasteiger partial charge on any atom is -0.355 e. The molecule has 4 aromatic carbocycles. The first-order valence-electron chi connectivity index (χ1n) is 16.5. The summed E-state index contributed by atoms with van der Waals surface area (Å²) in [6, 6.07) is 33.8. The molecule has 0 bridgehead atoms. The molecule has 4 unspecified atom stereocenters. The predicted molar refractivity (Wildman–Crippen MR) is 185 cm³/mol. The van der Waals surface area contributed by atoms with E-state index in [1.165, 1.54) is 75.8 Å². The van der Waals surface area contributed by atoms with Gasteiger partial charge < -0.3 is 10.2 Å². The van der Waals surface area contributed by atoms with Gasteiger partial charge in [-0.1, -0.05) is 97.1 Å². The molecule has 0 aliphatic heterocycles. The first-order chi connectivity index (χ1) is 21.8. The Bertz CT molecular complexity index is 1900. The van der Waals surface area contributed by atoms with E-state index in [9.17, 15) is 0 Å². The van der Waals surface area contributed by atoms with E-state index in [2.05, 4.69) is 144 Å². The minimum atomic E-state index is 0.0856. The van der Waals surface area contributed by atoms with E-state index >= 15 is 0 Å². The molecule has 0 heterocycles. The Labute approximate surface area is 260 Å². The SMILES string of the molecule is C1=CC(Nc2ccc(-c3ccc(N(c4cccc5ccccc45)C45C=CCCC4C5)cc3)cc2)=C2C(=CC1)CC=CC1CC21. The Morgan fingerprint density at radius 2 is 1.61 bits per heavy atom. The Hall–Kier alpha value is -4.56. The van der Waals surface area contributed by atoms with Crippen molar-refractivity contribution in [2.24, 2.45) is 17.8 Å². The average Bonchev–Trinajstić information content (AvgIpc) is 3.98. The quantitative estimate of drug-likeness (QED) is 0.232. The number of anilines is 3. The third-order valence-electron chi connectivity index (χ3n) is 10.6. The van der Waals surface area contributed by atoms with E-state index in [1.54, 1.807) is 0 Å². The molecule has 9 rings (SSSR count). The molecule has 2 fully saturated rings. The van der Waals surface area contributed by atoms with Crippen LogP contribution in [0.1, 0.15) is 38.5 Å². The fraction of sp³-hybridized carbons (Fsp3) is 0.238. The van der Waals surface area contributed by atoms with Crippen LogP contribution in [0, 0.1) is 17.8 Å². The third-order valence-corrected chi connectivity index (χ3v) is 10.6. The number of fused-ring (bicyclic) bond motifs is 5. The molecule has 0 radical (unpaired) electrons. The predicted octanol–water partition coefficient (Wildman–Crippen LogP) is 10.9. The molecule has 0 saturated heterocycles. The van der Waals surface area contributed by atoms with Crippen molar-refractivity contribution in [3.63, 3.8) is 0 Å². The summed E-state index contributed by atoms with van der Waals surface area (Å²) in [6.45, 7) is 0. The summed E-state index contributed by atoms with van der Waals surface area (Å²) in [5.41, 5.74) is 10.6. The molecule has 2 nitrogen and oxygen atoms in total. The van der Waals surface area contributed by atoms with Crippen molar-refractivity contribution >= 4 is 27.8 Å². The molecule has 44 heavy (non-hydrogen) atoms. The zero-order valence-corrected chi connectivity index (χ0v) is 25.1. The number of hydrogen-bond donors (Lipinski definition) is 1. The lowest BCUT2D eigenvalue weighted by Gasteiger charge is -2.36. The van der Waals surface area contributed by atoms with Crippen molar-refractivity contribution in [1.82, 2.24) is 0 Å². The van der Waals surface area contributed by atoms with Crippen LogP contribution in [0.25, 0.3) is 21.9 Å². The largest absolute Gasteiger partial charge is 0.355 e. The summed E-state index contributed by atoms with van der Waals surface area (Å²) in [5.74, 6) is 2.11.